The minimum absolute atomic E-state index is 0.0688. The molecule has 1 aromatic rings. The average molecular weight is 183 g/mol. The lowest BCUT2D eigenvalue weighted by atomic mass is 10.3. The van der Waals surface area contributed by atoms with Gasteiger partial charge in [0.15, 0.2) is 12.2 Å². The molecule has 0 radical (unpaired) electrons. The molecule has 2 rings (SSSR count). The lowest BCUT2D eigenvalue weighted by Crippen LogP contribution is -2.25. The van der Waals surface area contributed by atoms with E-state index in [0.29, 0.717) is 0 Å². The summed E-state index contributed by atoms with van der Waals surface area (Å²) in [5.41, 5.74) is 0. The minimum Gasteiger partial charge on any atom is -0.449 e. The van der Waals surface area contributed by atoms with E-state index in [2.05, 4.69) is 4.98 Å². The van der Waals surface area contributed by atoms with E-state index in [9.17, 15) is 0 Å². The molecule has 72 valence electrons. The third-order valence-electron chi connectivity index (χ3n) is 1.97. The van der Waals surface area contributed by atoms with Gasteiger partial charge >= 0.3 is 0 Å². The molecule has 2 heterocycles. The maximum Gasteiger partial charge on any atom is 0.194 e. The van der Waals surface area contributed by atoms with Crippen LogP contribution in [0, 0.1) is 0 Å². The predicted octanol–water partition coefficient (Wildman–Crippen LogP) is 1.37. The molecule has 0 N–H and O–H groups in total. The van der Waals surface area contributed by atoms with E-state index < -0.39 is 0 Å². The van der Waals surface area contributed by atoms with Gasteiger partial charge < -0.3 is 13.9 Å². The molecule has 0 aromatic carbocycles. The van der Waals surface area contributed by atoms with Crippen LogP contribution in [0.3, 0.4) is 0 Å². The van der Waals surface area contributed by atoms with Gasteiger partial charge in [-0.15, -0.1) is 0 Å². The number of hydrogen-bond donors (Lipinski definition) is 0. The standard InChI is InChI=1S/C9H13NO3/c1-5-12-9(13-6-1)3-2-8-10-4-7-11-8/h4,7,9H,1-3,5-6H2. The van der Waals surface area contributed by atoms with Gasteiger partial charge in [-0.25, -0.2) is 4.98 Å². The zero-order valence-electron chi connectivity index (χ0n) is 7.44. The van der Waals surface area contributed by atoms with Crippen molar-refractivity contribution >= 4 is 0 Å². The Morgan fingerprint density at radius 1 is 1.38 bits per heavy atom. The molecule has 0 spiro atoms. The summed E-state index contributed by atoms with van der Waals surface area (Å²) in [6, 6.07) is 0. The van der Waals surface area contributed by atoms with Crippen LogP contribution in [0.1, 0.15) is 18.7 Å². The van der Waals surface area contributed by atoms with Gasteiger partial charge in [0.25, 0.3) is 0 Å². The SMILES string of the molecule is c1coc(CCC2OCCCO2)n1. The molecule has 13 heavy (non-hydrogen) atoms. The number of rotatable bonds is 3. The van der Waals surface area contributed by atoms with Crippen molar-refractivity contribution in [1.29, 1.82) is 0 Å². The molecule has 1 aromatic heterocycles. The Kier molecular flexibility index (Phi) is 2.94. The van der Waals surface area contributed by atoms with Crippen LogP contribution in [0.2, 0.25) is 0 Å². The third kappa shape index (κ3) is 2.54. The maximum atomic E-state index is 5.38. The molecule has 0 aliphatic carbocycles. The second kappa shape index (κ2) is 4.39. The Morgan fingerprint density at radius 3 is 2.92 bits per heavy atom. The number of ether oxygens (including phenoxy) is 2. The van der Waals surface area contributed by atoms with Crippen molar-refractivity contribution in [3.05, 3.63) is 18.4 Å². The molecule has 4 nitrogen and oxygen atoms in total. The highest BCUT2D eigenvalue weighted by molar-refractivity contribution is 4.80. The minimum atomic E-state index is -0.0688. The quantitative estimate of drug-likeness (QED) is 0.710. The number of hydrogen-bond acceptors (Lipinski definition) is 4. The summed E-state index contributed by atoms with van der Waals surface area (Å²) in [5, 5.41) is 0. The summed E-state index contributed by atoms with van der Waals surface area (Å²) in [7, 11) is 0. The van der Waals surface area contributed by atoms with Crippen molar-refractivity contribution in [2.75, 3.05) is 13.2 Å². The molecule has 1 saturated heterocycles. The van der Waals surface area contributed by atoms with Gasteiger partial charge in [-0.2, -0.15) is 0 Å². The molecular formula is C9H13NO3. The van der Waals surface area contributed by atoms with Gasteiger partial charge in [0.2, 0.25) is 0 Å². The van der Waals surface area contributed by atoms with Crippen molar-refractivity contribution in [3.63, 3.8) is 0 Å². The van der Waals surface area contributed by atoms with Gasteiger partial charge in [0, 0.05) is 12.8 Å². The molecule has 0 bridgehead atoms. The van der Waals surface area contributed by atoms with E-state index in [4.69, 9.17) is 13.9 Å². The van der Waals surface area contributed by atoms with E-state index in [1.807, 2.05) is 0 Å². The molecule has 1 fully saturated rings. The van der Waals surface area contributed by atoms with Crippen molar-refractivity contribution in [2.24, 2.45) is 0 Å². The van der Waals surface area contributed by atoms with Crippen LogP contribution in [0.15, 0.2) is 16.9 Å². The van der Waals surface area contributed by atoms with Gasteiger partial charge in [-0.05, 0) is 6.42 Å². The van der Waals surface area contributed by atoms with Gasteiger partial charge in [0.1, 0.15) is 6.26 Å². The van der Waals surface area contributed by atoms with Gasteiger partial charge in [-0.1, -0.05) is 0 Å². The first-order chi connectivity index (χ1) is 6.45. The van der Waals surface area contributed by atoms with E-state index in [0.717, 1.165) is 38.4 Å². The Balaban J connectivity index is 1.72. The van der Waals surface area contributed by atoms with Crippen LogP contribution in [-0.2, 0) is 15.9 Å². The molecule has 1 aliphatic heterocycles. The van der Waals surface area contributed by atoms with Crippen LogP contribution in [-0.4, -0.2) is 24.5 Å². The lowest BCUT2D eigenvalue weighted by Gasteiger charge is -2.22. The van der Waals surface area contributed by atoms with E-state index in [1.54, 1.807) is 12.5 Å². The van der Waals surface area contributed by atoms with Crippen LogP contribution < -0.4 is 0 Å². The van der Waals surface area contributed by atoms with Gasteiger partial charge in [-0.3, -0.25) is 0 Å². The number of aryl methyl sites for hydroxylation is 1. The molecule has 1 aliphatic rings. The van der Waals surface area contributed by atoms with E-state index in [-0.39, 0.29) is 6.29 Å². The number of nitrogens with zero attached hydrogens (tertiary/aromatic N) is 1. The molecule has 4 heteroatoms. The third-order valence-corrected chi connectivity index (χ3v) is 1.97. The van der Waals surface area contributed by atoms with Crippen molar-refractivity contribution in [2.45, 2.75) is 25.6 Å². The van der Waals surface area contributed by atoms with Crippen molar-refractivity contribution in [3.8, 4) is 0 Å². The molecule has 0 unspecified atom stereocenters. The Morgan fingerprint density at radius 2 is 2.23 bits per heavy atom. The first kappa shape index (κ1) is 8.72. The van der Waals surface area contributed by atoms with Crippen LogP contribution in [0.25, 0.3) is 0 Å². The Labute approximate surface area is 76.9 Å². The predicted molar refractivity (Wildman–Crippen MR) is 45.1 cm³/mol. The van der Waals surface area contributed by atoms with Crippen molar-refractivity contribution < 1.29 is 13.9 Å². The highest BCUT2D eigenvalue weighted by atomic mass is 16.7. The summed E-state index contributed by atoms with van der Waals surface area (Å²) in [5.74, 6) is 0.748. The first-order valence-electron chi connectivity index (χ1n) is 4.57. The Bertz CT molecular complexity index is 229. The molecule has 0 saturated carbocycles. The highest BCUT2D eigenvalue weighted by Crippen LogP contribution is 2.11. The highest BCUT2D eigenvalue weighted by Gasteiger charge is 2.14. The van der Waals surface area contributed by atoms with Crippen LogP contribution in [0.4, 0.5) is 0 Å². The average Bonchev–Trinajstić information content (AvgIpc) is 2.69. The maximum absolute atomic E-state index is 5.38. The zero-order chi connectivity index (χ0) is 8.93. The van der Waals surface area contributed by atoms with Crippen LogP contribution in [0.5, 0.6) is 0 Å². The van der Waals surface area contributed by atoms with Crippen LogP contribution >= 0.6 is 0 Å². The Hall–Kier alpha value is -0.870. The normalized spacial score (nSPS) is 19.1. The lowest BCUT2D eigenvalue weighted by molar-refractivity contribution is -0.181. The summed E-state index contributed by atoms with van der Waals surface area (Å²) in [6.07, 6.45) is 5.75. The van der Waals surface area contributed by atoms with E-state index >= 15 is 0 Å². The molecule has 0 atom stereocenters. The molecular weight excluding hydrogens is 170 g/mol. The molecule has 0 amide bonds. The van der Waals surface area contributed by atoms with Crippen molar-refractivity contribution in [1.82, 2.24) is 4.98 Å². The second-order valence-corrected chi connectivity index (χ2v) is 2.99. The first-order valence-corrected chi connectivity index (χ1v) is 4.57. The fraction of sp³-hybridized carbons (Fsp3) is 0.667. The number of aromatic nitrogens is 1. The summed E-state index contributed by atoms with van der Waals surface area (Å²) < 4.78 is 15.9. The zero-order valence-corrected chi connectivity index (χ0v) is 7.44. The monoisotopic (exact) mass is 183 g/mol. The van der Waals surface area contributed by atoms with E-state index in [1.165, 1.54) is 0 Å². The van der Waals surface area contributed by atoms with Gasteiger partial charge in [0.05, 0.1) is 19.4 Å². The fourth-order valence-electron chi connectivity index (χ4n) is 1.32. The summed E-state index contributed by atoms with van der Waals surface area (Å²) in [6.45, 7) is 1.60. The topological polar surface area (TPSA) is 44.5 Å². The smallest absolute Gasteiger partial charge is 0.194 e. The largest absolute Gasteiger partial charge is 0.449 e. The second-order valence-electron chi connectivity index (χ2n) is 2.99. The number of oxazole rings is 1. The fourth-order valence-corrected chi connectivity index (χ4v) is 1.32. The summed E-state index contributed by atoms with van der Waals surface area (Å²) >= 11 is 0. The summed E-state index contributed by atoms with van der Waals surface area (Å²) in [4.78, 5) is 4.02.